The standard InChI is InChI=1S/C15H18N2O5/c16-17-14(10-6-4-5-7-11(10)15(21)22)12(18)8-2-1-3-9-13(19)20/h4-7,14,16H,1-3,8-9H2,(H,19,20)(H,21,22). The highest BCUT2D eigenvalue weighted by atomic mass is 16.4. The molecule has 1 unspecified atom stereocenters. The molecule has 0 aliphatic rings. The van der Waals surface area contributed by atoms with Crippen LogP contribution in [0.4, 0.5) is 0 Å². The Balaban J connectivity index is 2.68. The van der Waals surface area contributed by atoms with E-state index in [2.05, 4.69) is 5.11 Å². The van der Waals surface area contributed by atoms with Crippen molar-refractivity contribution in [1.29, 1.82) is 5.53 Å². The largest absolute Gasteiger partial charge is 0.481 e. The van der Waals surface area contributed by atoms with Gasteiger partial charge in [-0.15, -0.1) is 0 Å². The Hall–Kier alpha value is -2.57. The average molecular weight is 306 g/mol. The number of carbonyl (C=O) groups excluding carboxylic acids is 1. The van der Waals surface area contributed by atoms with Crippen molar-refractivity contribution in [1.82, 2.24) is 0 Å². The van der Waals surface area contributed by atoms with E-state index in [1.54, 1.807) is 12.1 Å². The molecule has 118 valence electrons. The topological polar surface area (TPSA) is 128 Å². The van der Waals surface area contributed by atoms with E-state index in [0.717, 1.165) is 0 Å². The molecule has 7 heteroatoms. The fourth-order valence-electron chi connectivity index (χ4n) is 2.13. The highest BCUT2D eigenvalue weighted by molar-refractivity contribution is 5.93. The molecule has 22 heavy (non-hydrogen) atoms. The molecular weight excluding hydrogens is 288 g/mol. The molecule has 1 rings (SSSR count). The van der Waals surface area contributed by atoms with Crippen LogP contribution >= 0.6 is 0 Å². The van der Waals surface area contributed by atoms with Gasteiger partial charge in [0.1, 0.15) is 0 Å². The molecule has 0 saturated carbocycles. The van der Waals surface area contributed by atoms with Crippen molar-refractivity contribution >= 4 is 17.7 Å². The molecule has 0 fully saturated rings. The van der Waals surface area contributed by atoms with Gasteiger partial charge in [-0.2, -0.15) is 5.11 Å². The summed E-state index contributed by atoms with van der Waals surface area (Å²) in [5, 5.41) is 20.9. The summed E-state index contributed by atoms with van der Waals surface area (Å²) in [6.45, 7) is 0. The summed E-state index contributed by atoms with van der Waals surface area (Å²) in [5.41, 5.74) is 7.34. The molecule has 1 aromatic rings. The number of nitrogens with one attached hydrogen (secondary N) is 1. The third-order valence-electron chi connectivity index (χ3n) is 3.23. The van der Waals surface area contributed by atoms with Crippen molar-refractivity contribution in [2.75, 3.05) is 0 Å². The quantitative estimate of drug-likeness (QED) is 0.452. The molecule has 0 heterocycles. The van der Waals surface area contributed by atoms with Crippen LogP contribution in [0.25, 0.3) is 0 Å². The smallest absolute Gasteiger partial charge is 0.336 e. The number of carbonyl (C=O) groups is 3. The van der Waals surface area contributed by atoms with Crippen LogP contribution in [0, 0.1) is 5.53 Å². The predicted molar refractivity (Wildman–Crippen MR) is 77.0 cm³/mol. The highest BCUT2D eigenvalue weighted by Crippen LogP contribution is 2.24. The first-order valence-corrected chi connectivity index (χ1v) is 6.90. The number of hydrogen-bond acceptors (Lipinski definition) is 5. The zero-order valence-electron chi connectivity index (χ0n) is 12.0. The zero-order chi connectivity index (χ0) is 16.5. The lowest BCUT2D eigenvalue weighted by molar-refractivity contribution is -0.137. The van der Waals surface area contributed by atoms with Gasteiger partial charge in [0.25, 0.3) is 0 Å². The van der Waals surface area contributed by atoms with E-state index in [9.17, 15) is 14.4 Å². The Kier molecular flexibility index (Phi) is 6.88. The molecule has 0 amide bonds. The normalized spacial score (nSPS) is 11.6. The molecule has 0 radical (unpaired) electrons. The first-order chi connectivity index (χ1) is 10.5. The number of nitrogens with zero attached hydrogens (tertiary/aromatic N) is 1. The summed E-state index contributed by atoms with van der Waals surface area (Å²) in [6.07, 6.45) is 1.76. The number of rotatable bonds is 10. The number of ketones is 1. The number of aliphatic carboxylic acids is 1. The monoisotopic (exact) mass is 306 g/mol. The van der Waals surface area contributed by atoms with Gasteiger partial charge >= 0.3 is 11.9 Å². The number of benzene rings is 1. The molecule has 7 nitrogen and oxygen atoms in total. The third-order valence-corrected chi connectivity index (χ3v) is 3.23. The summed E-state index contributed by atoms with van der Waals surface area (Å²) in [4.78, 5) is 33.7. The molecule has 1 aromatic carbocycles. The highest BCUT2D eigenvalue weighted by Gasteiger charge is 2.24. The Bertz CT molecular complexity index is 571. The van der Waals surface area contributed by atoms with E-state index in [-0.39, 0.29) is 29.8 Å². The third kappa shape index (κ3) is 5.08. The van der Waals surface area contributed by atoms with E-state index < -0.39 is 18.0 Å². The molecule has 0 aliphatic heterocycles. The van der Waals surface area contributed by atoms with Crippen LogP contribution in [-0.2, 0) is 9.59 Å². The maximum Gasteiger partial charge on any atom is 0.336 e. The second-order valence-electron chi connectivity index (χ2n) is 4.84. The molecule has 1 atom stereocenters. The van der Waals surface area contributed by atoms with Crippen LogP contribution in [-0.4, -0.2) is 27.9 Å². The number of aromatic carboxylic acids is 1. The second kappa shape index (κ2) is 8.66. The van der Waals surface area contributed by atoms with E-state index >= 15 is 0 Å². The number of unbranched alkanes of at least 4 members (excludes halogenated alkanes) is 2. The van der Waals surface area contributed by atoms with Crippen molar-refractivity contribution in [2.24, 2.45) is 5.11 Å². The Morgan fingerprint density at radius 2 is 1.68 bits per heavy atom. The number of hydrogen-bond donors (Lipinski definition) is 3. The molecule has 0 aromatic heterocycles. The first-order valence-electron chi connectivity index (χ1n) is 6.90. The summed E-state index contributed by atoms with van der Waals surface area (Å²) in [7, 11) is 0. The maximum absolute atomic E-state index is 12.1. The molecule has 0 spiro atoms. The zero-order valence-corrected chi connectivity index (χ0v) is 12.0. The predicted octanol–water partition coefficient (Wildman–Crippen LogP) is 3.06. The van der Waals surface area contributed by atoms with Crippen LogP contribution in [0.2, 0.25) is 0 Å². The van der Waals surface area contributed by atoms with Gasteiger partial charge in [0.2, 0.25) is 0 Å². The van der Waals surface area contributed by atoms with Crippen molar-refractivity contribution in [3.8, 4) is 0 Å². The average Bonchev–Trinajstić information content (AvgIpc) is 2.47. The van der Waals surface area contributed by atoms with Gasteiger partial charge in [0, 0.05) is 18.4 Å². The van der Waals surface area contributed by atoms with Crippen LogP contribution < -0.4 is 0 Å². The van der Waals surface area contributed by atoms with E-state index in [0.29, 0.717) is 19.3 Å². The fraction of sp³-hybridized carbons (Fsp3) is 0.400. The lowest BCUT2D eigenvalue weighted by atomic mass is 9.95. The summed E-state index contributed by atoms with van der Waals surface area (Å²) < 4.78 is 0. The van der Waals surface area contributed by atoms with E-state index in [1.165, 1.54) is 12.1 Å². The van der Waals surface area contributed by atoms with Gasteiger partial charge in [-0.3, -0.25) is 9.59 Å². The first kappa shape index (κ1) is 17.5. The maximum atomic E-state index is 12.1. The molecular formula is C15H18N2O5. The minimum Gasteiger partial charge on any atom is -0.481 e. The van der Waals surface area contributed by atoms with E-state index in [1.807, 2.05) is 0 Å². The minimum absolute atomic E-state index is 0.0391. The summed E-state index contributed by atoms with van der Waals surface area (Å²) in [5.74, 6) is -2.38. The summed E-state index contributed by atoms with van der Waals surface area (Å²) >= 11 is 0. The minimum atomic E-state index is -1.17. The van der Waals surface area contributed by atoms with Crippen molar-refractivity contribution in [3.63, 3.8) is 0 Å². The Morgan fingerprint density at radius 1 is 1.05 bits per heavy atom. The van der Waals surface area contributed by atoms with Crippen LogP contribution in [0.3, 0.4) is 0 Å². The fourth-order valence-corrected chi connectivity index (χ4v) is 2.13. The molecule has 0 aliphatic carbocycles. The lowest BCUT2D eigenvalue weighted by Crippen LogP contribution is -2.14. The molecule has 3 N–H and O–H groups in total. The van der Waals surface area contributed by atoms with Crippen molar-refractivity contribution in [3.05, 3.63) is 35.4 Å². The van der Waals surface area contributed by atoms with E-state index in [4.69, 9.17) is 15.7 Å². The SMILES string of the molecule is N=NC(C(=O)CCCCCC(=O)O)c1ccccc1C(=O)O. The lowest BCUT2D eigenvalue weighted by Gasteiger charge is -2.12. The molecule has 0 bridgehead atoms. The van der Waals surface area contributed by atoms with Crippen molar-refractivity contribution in [2.45, 2.75) is 38.1 Å². The van der Waals surface area contributed by atoms with Crippen LogP contribution in [0.1, 0.15) is 54.1 Å². The second-order valence-corrected chi connectivity index (χ2v) is 4.84. The number of Topliss-reactive ketones (excluding diaryl/α,β-unsaturated/α-hetero) is 1. The van der Waals surface area contributed by atoms with Gasteiger partial charge in [-0.05, 0) is 18.9 Å². The summed E-state index contributed by atoms with van der Waals surface area (Å²) in [6, 6.07) is 4.88. The molecule has 0 saturated heterocycles. The van der Waals surface area contributed by atoms with Crippen LogP contribution in [0.15, 0.2) is 29.4 Å². The van der Waals surface area contributed by atoms with Gasteiger partial charge < -0.3 is 10.2 Å². The number of carboxylic acids is 2. The Labute approximate surface area is 127 Å². The number of carboxylic acid groups (broad SMARTS) is 2. The Morgan fingerprint density at radius 3 is 2.27 bits per heavy atom. The van der Waals surface area contributed by atoms with Gasteiger partial charge in [-0.25, -0.2) is 10.3 Å². The van der Waals surface area contributed by atoms with Gasteiger partial charge in [-0.1, -0.05) is 24.6 Å². The van der Waals surface area contributed by atoms with Gasteiger partial charge in [0.15, 0.2) is 11.8 Å². The van der Waals surface area contributed by atoms with Gasteiger partial charge in [0.05, 0.1) is 5.56 Å². The van der Waals surface area contributed by atoms with Crippen LogP contribution in [0.5, 0.6) is 0 Å². The van der Waals surface area contributed by atoms with Crippen molar-refractivity contribution < 1.29 is 24.6 Å².